The summed E-state index contributed by atoms with van der Waals surface area (Å²) in [4.78, 5) is 55.1. The van der Waals surface area contributed by atoms with Crippen molar-refractivity contribution >= 4 is 30.3 Å². The maximum Gasteiger partial charge on any atom is 0.519 e. The van der Waals surface area contributed by atoms with E-state index in [0.717, 1.165) is 5.56 Å². The number of benzene rings is 2. The third kappa shape index (κ3) is 22.5. The molecule has 0 aromatic heterocycles. The SMILES string of the molecule is CC(C)(C)OC(=O)N[C@@H](Cc1ccc(O)cc1)C(=O)O.CC(C)(C)OC(=O)OC(=O)OC(C)(C)C.N[C@@H](Cc1ccc(O)cc1)C(=O)O. The van der Waals surface area contributed by atoms with Crippen molar-refractivity contribution in [3.8, 4) is 11.5 Å². The normalized spacial score (nSPS) is 12.3. The van der Waals surface area contributed by atoms with Crippen LogP contribution in [0.25, 0.3) is 0 Å². The van der Waals surface area contributed by atoms with Gasteiger partial charge in [0.1, 0.15) is 40.4 Å². The van der Waals surface area contributed by atoms with Gasteiger partial charge in [-0.25, -0.2) is 19.2 Å². The highest BCUT2D eigenvalue weighted by molar-refractivity contribution is 5.80. The zero-order valence-electron chi connectivity index (χ0n) is 28.7. The molecule has 0 aliphatic rings. The van der Waals surface area contributed by atoms with E-state index in [1.807, 2.05) is 0 Å². The minimum absolute atomic E-state index is 0.0979. The molecule has 0 spiro atoms. The number of carbonyl (C=O) groups is 5. The summed E-state index contributed by atoms with van der Waals surface area (Å²) in [6, 6.07) is 10.5. The topological polar surface area (TPSA) is 241 Å². The van der Waals surface area contributed by atoms with Crippen molar-refractivity contribution in [2.75, 3.05) is 0 Å². The molecule has 0 bridgehead atoms. The van der Waals surface area contributed by atoms with E-state index in [9.17, 15) is 24.0 Å². The first kappa shape index (κ1) is 43.0. The highest BCUT2D eigenvalue weighted by Gasteiger charge is 2.25. The van der Waals surface area contributed by atoms with E-state index in [0.29, 0.717) is 5.56 Å². The molecular weight excluding hydrogens is 632 g/mol. The summed E-state index contributed by atoms with van der Waals surface area (Å²) in [5.41, 5.74) is 4.73. The van der Waals surface area contributed by atoms with E-state index in [-0.39, 0.29) is 24.3 Å². The van der Waals surface area contributed by atoms with Crippen molar-refractivity contribution in [2.24, 2.45) is 5.73 Å². The molecule has 15 heteroatoms. The average Bonchev–Trinajstić information content (AvgIpc) is 2.88. The second-order valence-corrected chi connectivity index (χ2v) is 13.3. The minimum atomic E-state index is -1.15. The lowest BCUT2D eigenvalue weighted by molar-refractivity contribution is -0.140. The molecule has 2 rings (SSSR count). The van der Waals surface area contributed by atoms with Gasteiger partial charge in [0.25, 0.3) is 0 Å². The maximum atomic E-state index is 11.6. The number of ether oxygens (including phenoxy) is 4. The Balaban J connectivity index is 0.000000710. The van der Waals surface area contributed by atoms with Crippen LogP contribution in [0.5, 0.6) is 11.5 Å². The zero-order valence-corrected chi connectivity index (χ0v) is 28.7. The van der Waals surface area contributed by atoms with Crippen LogP contribution in [0.15, 0.2) is 48.5 Å². The third-order valence-electron chi connectivity index (χ3n) is 5.02. The molecule has 0 fully saturated rings. The van der Waals surface area contributed by atoms with Gasteiger partial charge in [-0.05, 0) is 104 Å². The number of amides is 1. The van der Waals surface area contributed by atoms with Gasteiger partial charge in [-0.3, -0.25) is 4.79 Å². The van der Waals surface area contributed by atoms with Crippen molar-refractivity contribution in [1.29, 1.82) is 0 Å². The lowest BCUT2D eigenvalue weighted by Crippen LogP contribution is -2.44. The van der Waals surface area contributed by atoms with E-state index in [2.05, 4.69) is 10.1 Å². The second kappa shape index (κ2) is 18.9. The third-order valence-corrected chi connectivity index (χ3v) is 5.02. The molecule has 0 heterocycles. The van der Waals surface area contributed by atoms with Crippen LogP contribution in [0.1, 0.15) is 73.4 Å². The summed E-state index contributed by atoms with van der Waals surface area (Å²) < 4.78 is 18.8. The summed E-state index contributed by atoms with van der Waals surface area (Å²) in [6.07, 6.45) is -2.51. The predicted molar refractivity (Wildman–Crippen MR) is 174 cm³/mol. The number of aromatic hydroxyl groups is 2. The molecule has 2 atom stereocenters. The van der Waals surface area contributed by atoms with Gasteiger partial charge in [-0.15, -0.1) is 0 Å². The molecule has 48 heavy (non-hydrogen) atoms. The molecule has 1 amide bonds. The van der Waals surface area contributed by atoms with E-state index < -0.39 is 59.2 Å². The molecule has 0 saturated heterocycles. The van der Waals surface area contributed by atoms with Gasteiger partial charge in [0.15, 0.2) is 0 Å². The summed E-state index contributed by atoms with van der Waals surface area (Å²) in [6.45, 7) is 15.1. The van der Waals surface area contributed by atoms with Crippen LogP contribution in [0.3, 0.4) is 0 Å². The van der Waals surface area contributed by atoms with Gasteiger partial charge < -0.3 is 50.4 Å². The van der Waals surface area contributed by atoms with Crippen LogP contribution in [0.2, 0.25) is 0 Å². The molecule has 268 valence electrons. The number of phenolic OH excluding ortho intramolecular Hbond substituents is 2. The van der Waals surface area contributed by atoms with Crippen molar-refractivity contribution in [3.63, 3.8) is 0 Å². The van der Waals surface area contributed by atoms with Crippen LogP contribution in [-0.4, -0.2) is 79.7 Å². The summed E-state index contributed by atoms with van der Waals surface area (Å²) in [7, 11) is 0. The van der Waals surface area contributed by atoms with Crippen LogP contribution >= 0.6 is 0 Å². The largest absolute Gasteiger partial charge is 0.519 e. The Bertz CT molecular complexity index is 1310. The molecule has 0 aliphatic carbocycles. The van der Waals surface area contributed by atoms with Crippen molar-refractivity contribution in [2.45, 2.75) is 104 Å². The molecular formula is C33H48N2O13. The number of carboxylic acid groups (broad SMARTS) is 2. The molecule has 0 saturated carbocycles. The Morgan fingerprint density at radius 1 is 0.625 bits per heavy atom. The number of hydrogen-bond acceptors (Lipinski definition) is 12. The number of carbonyl (C=O) groups excluding carboxylic acids is 3. The van der Waals surface area contributed by atoms with Crippen molar-refractivity contribution in [3.05, 3.63) is 59.7 Å². The summed E-state index contributed by atoms with van der Waals surface area (Å²) >= 11 is 0. The monoisotopic (exact) mass is 680 g/mol. The predicted octanol–water partition coefficient (Wildman–Crippen LogP) is 5.13. The second-order valence-electron chi connectivity index (χ2n) is 13.3. The van der Waals surface area contributed by atoms with Crippen LogP contribution in [0, 0.1) is 0 Å². The Labute approximate surface area is 279 Å². The van der Waals surface area contributed by atoms with Gasteiger partial charge in [0, 0.05) is 6.42 Å². The lowest BCUT2D eigenvalue weighted by atomic mass is 10.1. The number of phenols is 2. The van der Waals surface area contributed by atoms with Crippen LogP contribution in [0.4, 0.5) is 14.4 Å². The summed E-state index contributed by atoms with van der Waals surface area (Å²) in [5.74, 6) is -1.91. The highest BCUT2D eigenvalue weighted by Crippen LogP contribution is 2.14. The van der Waals surface area contributed by atoms with Crippen molar-refractivity contribution in [1.82, 2.24) is 5.32 Å². The van der Waals surface area contributed by atoms with Crippen molar-refractivity contribution < 1.29 is 63.3 Å². The minimum Gasteiger partial charge on any atom is -0.508 e. The highest BCUT2D eigenvalue weighted by atomic mass is 16.8. The first-order valence-corrected chi connectivity index (χ1v) is 14.7. The number of rotatable bonds is 7. The first-order valence-electron chi connectivity index (χ1n) is 14.7. The van der Waals surface area contributed by atoms with Gasteiger partial charge in [0.2, 0.25) is 0 Å². The summed E-state index contributed by atoms with van der Waals surface area (Å²) in [5, 5.41) is 38.1. The fraction of sp³-hybridized carbons (Fsp3) is 0.485. The Hall–Kier alpha value is -5.05. The Morgan fingerprint density at radius 3 is 1.29 bits per heavy atom. The molecule has 2 aromatic carbocycles. The van der Waals surface area contributed by atoms with Crippen LogP contribution < -0.4 is 11.1 Å². The fourth-order valence-electron chi connectivity index (χ4n) is 3.10. The molecule has 0 radical (unpaired) electrons. The smallest absolute Gasteiger partial charge is 0.508 e. The number of alkyl carbamates (subject to hydrolysis) is 1. The molecule has 7 N–H and O–H groups in total. The van der Waals surface area contributed by atoms with Gasteiger partial charge in [-0.1, -0.05) is 24.3 Å². The van der Waals surface area contributed by atoms with Gasteiger partial charge in [0.05, 0.1) is 0 Å². The molecule has 15 nitrogen and oxygen atoms in total. The van der Waals surface area contributed by atoms with E-state index in [1.54, 1.807) is 86.6 Å². The Kier molecular flexibility index (Phi) is 16.9. The number of nitrogens with two attached hydrogens (primary N) is 1. The van der Waals surface area contributed by atoms with E-state index in [1.165, 1.54) is 24.3 Å². The Morgan fingerprint density at radius 2 is 0.979 bits per heavy atom. The first-order chi connectivity index (χ1) is 21.8. The molecule has 0 aliphatic heterocycles. The number of nitrogens with one attached hydrogen (secondary N) is 1. The quantitative estimate of drug-likeness (QED) is 0.126. The van der Waals surface area contributed by atoms with Gasteiger partial charge in [-0.2, -0.15) is 0 Å². The van der Waals surface area contributed by atoms with E-state index >= 15 is 0 Å². The number of hydrogen-bond donors (Lipinski definition) is 6. The van der Waals surface area contributed by atoms with Gasteiger partial charge >= 0.3 is 30.3 Å². The lowest BCUT2D eigenvalue weighted by Gasteiger charge is -2.22. The molecule has 2 aromatic rings. The fourth-order valence-corrected chi connectivity index (χ4v) is 3.10. The average molecular weight is 681 g/mol. The standard InChI is InChI=1S/C14H19NO5.C10H18O5.C9H11NO3/c1-14(2,3)20-13(19)15-11(12(17)18)8-9-4-6-10(16)7-5-9;1-9(2,3)14-7(11)13-8(12)15-10(4,5)6;10-8(9(12)13)5-6-1-3-7(11)4-2-6/h4-7,11,16H,8H2,1-3H3,(H,15,19)(H,17,18);1-6H3;1-4,8,11H,5,10H2,(H,12,13)/t11-;;8-/m0.0/s1. The number of aliphatic carboxylic acids is 2. The molecule has 0 unspecified atom stereocenters. The zero-order chi connectivity index (χ0) is 37.5. The maximum absolute atomic E-state index is 11.6. The van der Waals surface area contributed by atoms with E-state index in [4.69, 9.17) is 40.4 Å². The van der Waals surface area contributed by atoms with Crippen LogP contribution in [-0.2, 0) is 41.4 Å². The number of carboxylic acids is 2.